The third-order valence-electron chi connectivity index (χ3n) is 2.89. The van der Waals surface area contributed by atoms with E-state index in [2.05, 4.69) is 0 Å². The third kappa shape index (κ3) is 4.88. The van der Waals surface area contributed by atoms with Crippen LogP contribution in [0.4, 0.5) is 0 Å². The Bertz CT molecular complexity index is 491. The summed E-state index contributed by atoms with van der Waals surface area (Å²) in [5.74, 6) is -0.435. The van der Waals surface area contributed by atoms with Crippen molar-refractivity contribution in [2.24, 2.45) is 0 Å². The maximum Gasteiger partial charge on any atom is 0.303 e. The van der Waals surface area contributed by atoms with Crippen LogP contribution in [-0.2, 0) is 19.9 Å². The van der Waals surface area contributed by atoms with Gasteiger partial charge in [0.25, 0.3) is 0 Å². The fraction of sp³-hybridized carbons (Fsp3) is 0.529. The largest absolute Gasteiger partial charge is 0.445 e. The number of carbonyl (C=O) groups excluding carboxylic acids is 2. The first-order valence-corrected chi connectivity index (χ1v) is 8.01. The van der Waals surface area contributed by atoms with Crippen LogP contribution in [0.5, 0.6) is 0 Å². The van der Waals surface area contributed by atoms with E-state index in [1.54, 1.807) is 0 Å². The maximum atomic E-state index is 12.9. The smallest absolute Gasteiger partial charge is 0.303 e. The summed E-state index contributed by atoms with van der Waals surface area (Å²) in [6.07, 6.45) is 1.23. The summed E-state index contributed by atoms with van der Waals surface area (Å²) in [4.78, 5) is 24.5. The summed E-state index contributed by atoms with van der Waals surface area (Å²) >= 11 is 1.22. The highest BCUT2D eigenvalue weighted by Gasteiger charge is 2.44. The Morgan fingerprint density at radius 2 is 1.71 bits per heavy atom. The summed E-state index contributed by atoms with van der Waals surface area (Å²) in [5.41, 5.74) is -0.455. The highest BCUT2D eigenvalue weighted by molar-refractivity contribution is 8.14. The van der Waals surface area contributed by atoms with E-state index in [-0.39, 0.29) is 9.86 Å². The number of benzene rings is 1. The number of ether oxygens (including phenoxy) is 1. The van der Waals surface area contributed by atoms with Crippen molar-refractivity contribution in [3.63, 3.8) is 0 Å². The molecule has 1 rings (SSSR count). The first-order valence-electron chi connectivity index (χ1n) is 7.20. The van der Waals surface area contributed by atoms with Crippen molar-refractivity contribution >= 4 is 22.8 Å². The van der Waals surface area contributed by atoms with Crippen molar-refractivity contribution in [2.45, 2.75) is 57.8 Å². The third-order valence-corrected chi connectivity index (χ3v) is 4.02. The van der Waals surface area contributed by atoms with E-state index in [1.807, 2.05) is 58.0 Å². The van der Waals surface area contributed by atoms with E-state index in [1.165, 1.54) is 18.7 Å². The maximum absolute atomic E-state index is 12.9. The van der Waals surface area contributed by atoms with Gasteiger partial charge < -0.3 is 4.74 Å². The van der Waals surface area contributed by atoms with E-state index in [0.29, 0.717) is 6.42 Å². The lowest BCUT2D eigenvalue weighted by Gasteiger charge is -2.33. The predicted molar refractivity (Wildman–Crippen MR) is 87.1 cm³/mol. The minimum atomic E-state index is -1.19. The molecule has 0 saturated heterocycles. The van der Waals surface area contributed by atoms with Gasteiger partial charge in [-0.25, -0.2) is 0 Å². The molecule has 21 heavy (non-hydrogen) atoms. The molecule has 0 heterocycles. The summed E-state index contributed by atoms with van der Waals surface area (Å²) in [5, 5.41) is -0.113. The van der Waals surface area contributed by atoms with Gasteiger partial charge in [-0.3, -0.25) is 9.59 Å². The summed E-state index contributed by atoms with van der Waals surface area (Å²) in [7, 11) is 0. The van der Waals surface area contributed by atoms with Crippen LogP contribution >= 0.6 is 11.8 Å². The van der Waals surface area contributed by atoms with E-state index in [4.69, 9.17) is 4.74 Å². The van der Waals surface area contributed by atoms with Gasteiger partial charge >= 0.3 is 5.97 Å². The monoisotopic (exact) mass is 308 g/mol. The fourth-order valence-electron chi connectivity index (χ4n) is 2.18. The molecule has 0 fully saturated rings. The predicted octanol–water partition coefficient (Wildman–Crippen LogP) is 4.30. The van der Waals surface area contributed by atoms with E-state index < -0.39 is 11.6 Å². The van der Waals surface area contributed by atoms with Crippen LogP contribution in [0.2, 0.25) is 0 Å². The normalized spacial score (nSPS) is 14.3. The Morgan fingerprint density at radius 3 is 2.14 bits per heavy atom. The Morgan fingerprint density at radius 1 is 1.14 bits per heavy atom. The van der Waals surface area contributed by atoms with Gasteiger partial charge in [0.2, 0.25) is 10.7 Å². The van der Waals surface area contributed by atoms with Gasteiger partial charge in [-0.1, -0.05) is 76.2 Å². The second kappa shape index (κ2) is 7.12. The molecule has 1 atom stereocenters. The molecule has 0 saturated carbocycles. The highest BCUT2D eigenvalue weighted by atomic mass is 32.2. The van der Waals surface area contributed by atoms with Gasteiger partial charge in [-0.15, -0.1) is 0 Å². The molecule has 0 spiro atoms. The number of esters is 1. The van der Waals surface area contributed by atoms with Crippen molar-refractivity contribution < 1.29 is 14.3 Å². The standard InChI is InChI=1S/C17H24O3S/c1-6-12-17(20-13(2)18,14-10-8-7-9-11-14)15(19)21-16(3,4)5/h7-11H,6,12H2,1-5H3. The number of hydrogen-bond donors (Lipinski definition) is 0. The van der Waals surface area contributed by atoms with Crippen molar-refractivity contribution in [1.82, 2.24) is 0 Å². The average Bonchev–Trinajstić information content (AvgIpc) is 2.36. The van der Waals surface area contributed by atoms with Crippen LogP contribution in [0.15, 0.2) is 30.3 Å². The molecule has 0 amide bonds. The SMILES string of the molecule is CCCC(OC(C)=O)(C(=O)SC(C)(C)C)c1ccccc1. The zero-order chi connectivity index (χ0) is 16.1. The molecule has 4 heteroatoms. The van der Waals surface area contributed by atoms with Crippen LogP contribution in [-0.4, -0.2) is 15.8 Å². The molecule has 0 aliphatic rings. The summed E-state index contributed by atoms with van der Waals surface area (Å²) < 4.78 is 5.33. The minimum absolute atomic E-state index is 0.113. The summed E-state index contributed by atoms with van der Waals surface area (Å²) in [6, 6.07) is 9.30. The van der Waals surface area contributed by atoms with Crippen molar-refractivity contribution in [3.8, 4) is 0 Å². The van der Waals surface area contributed by atoms with Crippen molar-refractivity contribution in [2.75, 3.05) is 0 Å². The lowest BCUT2D eigenvalue weighted by Crippen LogP contribution is -2.40. The number of rotatable bonds is 5. The molecule has 0 aromatic heterocycles. The van der Waals surface area contributed by atoms with Crippen LogP contribution in [0, 0.1) is 0 Å². The second-order valence-corrected chi connectivity index (χ2v) is 7.84. The molecule has 0 N–H and O–H groups in total. The molecule has 0 aliphatic carbocycles. The topological polar surface area (TPSA) is 43.4 Å². The van der Waals surface area contributed by atoms with Crippen molar-refractivity contribution in [3.05, 3.63) is 35.9 Å². The highest BCUT2D eigenvalue weighted by Crippen LogP contribution is 2.40. The first-order chi connectivity index (χ1) is 9.71. The Labute approximate surface area is 131 Å². The van der Waals surface area contributed by atoms with Crippen molar-refractivity contribution in [1.29, 1.82) is 0 Å². The van der Waals surface area contributed by atoms with Gasteiger partial charge in [-0.05, 0) is 6.42 Å². The lowest BCUT2D eigenvalue weighted by molar-refractivity contribution is -0.164. The number of thioether (sulfide) groups is 1. The van der Waals surface area contributed by atoms with Crippen LogP contribution < -0.4 is 0 Å². The van der Waals surface area contributed by atoms with Crippen LogP contribution in [0.1, 0.15) is 53.0 Å². The van der Waals surface area contributed by atoms with E-state index in [9.17, 15) is 9.59 Å². The molecule has 0 aliphatic heterocycles. The van der Waals surface area contributed by atoms with Crippen LogP contribution in [0.3, 0.4) is 0 Å². The molecule has 116 valence electrons. The summed E-state index contributed by atoms with van der Waals surface area (Å²) in [6.45, 7) is 9.26. The Hall–Kier alpha value is -1.29. The molecule has 0 bridgehead atoms. The van der Waals surface area contributed by atoms with Gasteiger partial charge in [0.05, 0.1) is 0 Å². The molecule has 1 aromatic carbocycles. The Kier molecular flexibility index (Phi) is 6.02. The van der Waals surface area contributed by atoms with Gasteiger partial charge in [0.15, 0.2) is 0 Å². The molecule has 0 radical (unpaired) electrons. The van der Waals surface area contributed by atoms with Gasteiger partial charge in [-0.2, -0.15) is 0 Å². The second-order valence-electron chi connectivity index (χ2n) is 6.04. The number of hydrogen-bond acceptors (Lipinski definition) is 4. The van der Waals surface area contributed by atoms with Gasteiger partial charge in [0, 0.05) is 17.2 Å². The van der Waals surface area contributed by atoms with E-state index >= 15 is 0 Å². The number of carbonyl (C=O) groups is 2. The molecule has 1 aromatic rings. The van der Waals surface area contributed by atoms with Gasteiger partial charge in [0.1, 0.15) is 0 Å². The zero-order valence-corrected chi connectivity index (χ0v) is 14.3. The molecule has 3 nitrogen and oxygen atoms in total. The molecular weight excluding hydrogens is 284 g/mol. The fourth-order valence-corrected chi connectivity index (χ4v) is 3.16. The molecular formula is C17H24O3S. The first kappa shape index (κ1) is 17.8. The lowest BCUT2D eigenvalue weighted by atomic mass is 9.90. The van der Waals surface area contributed by atoms with E-state index in [0.717, 1.165) is 12.0 Å². The molecule has 1 unspecified atom stereocenters. The Balaban J connectivity index is 3.31. The van der Waals surface area contributed by atoms with Crippen LogP contribution in [0.25, 0.3) is 0 Å². The minimum Gasteiger partial charge on any atom is -0.445 e. The average molecular weight is 308 g/mol. The quantitative estimate of drug-likeness (QED) is 0.761. The zero-order valence-electron chi connectivity index (χ0n) is 13.4.